The maximum absolute atomic E-state index is 13.5. The third kappa shape index (κ3) is 5.24. The number of nitrogens with zero attached hydrogens (tertiary/aromatic N) is 2. The molecule has 5 nitrogen and oxygen atoms in total. The number of hydrogen-bond donors (Lipinski definition) is 1. The van der Waals surface area contributed by atoms with Crippen LogP contribution < -0.4 is 10.2 Å². The van der Waals surface area contributed by atoms with Crippen LogP contribution in [0.4, 0.5) is 11.4 Å². The van der Waals surface area contributed by atoms with E-state index < -0.39 is 11.2 Å². The van der Waals surface area contributed by atoms with Crippen LogP contribution in [0.25, 0.3) is 0 Å². The number of carbonyl (C=O) groups is 2. The van der Waals surface area contributed by atoms with Crippen molar-refractivity contribution >= 4 is 50.9 Å². The van der Waals surface area contributed by atoms with Crippen molar-refractivity contribution in [3.63, 3.8) is 0 Å². The minimum absolute atomic E-state index is 0.0896. The number of thioether (sulfide) groups is 1. The molecule has 7 heteroatoms. The molecule has 0 saturated carbocycles. The molecule has 4 rings (SSSR count). The van der Waals surface area contributed by atoms with Crippen LogP contribution in [-0.2, 0) is 16.0 Å². The number of aryl methyl sites for hydroxylation is 2. The fourth-order valence-corrected chi connectivity index (χ4v) is 5.15. The summed E-state index contributed by atoms with van der Waals surface area (Å²) in [6, 6.07) is 24.7. The van der Waals surface area contributed by atoms with Gasteiger partial charge >= 0.3 is 0 Å². The van der Waals surface area contributed by atoms with Gasteiger partial charge in [-0.25, -0.2) is 0 Å². The van der Waals surface area contributed by atoms with Gasteiger partial charge < -0.3 is 5.32 Å². The Balaban J connectivity index is 1.71. The Labute approximate surface area is 211 Å². The minimum Gasteiger partial charge on any atom is -0.321 e. The number of halogens is 1. The number of hydrogen-bond acceptors (Lipinski definition) is 4. The molecule has 1 aliphatic rings. The highest BCUT2D eigenvalue weighted by atomic mass is 79.9. The summed E-state index contributed by atoms with van der Waals surface area (Å²) in [5.74, 6) is -0.693. The lowest BCUT2D eigenvalue weighted by Crippen LogP contribution is -2.30. The van der Waals surface area contributed by atoms with Gasteiger partial charge in [0.2, 0.25) is 5.91 Å². The summed E-state index contributed by atoms with van der Waals surface area (Å²) in [6.07, 6.45) is 0.503. The molecule has 34 heavy (non-hydrogen) atoms. The Hall–Kier alpha value is -3.34. The molecule has 0 bridgehead atoms. The van der Waals surface area contributed by atoms with E-state index in [0.29, 0.717) is 22.8 Å². The van der Waals surface area contributed by atoms with Crippen molar-refractivity contribution in [2.75, 3.05) is 10.2 Å². The van der Waals surface area contributed by atoms with Gasteiger partial charge in [0.25, 0.3) is 5.91 Å². The lowest BCUT2D eigenvalue weighted by atomic mass is 10.1. The van der Waals surface area contributed by atoms with Gasteiger partial charge in [0.1, 0.15) is 16.7 Å². The molecule has 1 heterocycles. The van der Waals surface area contributed by atoms with Crippen LogP contribution in [0.15, 0.2) is 87.9 Å². The molecule has 1 saturated heterocycles. The molecule has 170 valence electrons. The minimum atomic E-state index is -0.548. The van der Waals surface area contributed by atoms with E-state index in [1.807, 2.05) is 68.4 Å². The highest BCUT2D eigenvalue weighted by molar-refractivity contribution is 9.10. The van der Waals surface area contributed by atoms with Crippen LogP contribution in [0.2, 0.25) is 0 Å². The first-order valence-electron chi connectivity index (χ1n) is 10.7. The average Bonchev–Trinajstić information content (AvgIpc) is 3.13. The largest absolute Gasteiger partial charge is 0.321 e. The number of anilines is 2. The monoisotopic (exact) mass is 531 g/mol. The topological polar surface area (TPSA) is 73.2 Å². The van der Waals surface area contributed by atoms with Gasteiger partial charge in [-0.1, -0.05) is 75.2 Å². The molecular weight excluding hydrogens is 510 g/mol. The predicted molar refractivity (Wildman–Crippen MR) is 140 cm³/mol. The summed E-state index contributed by atoms with van der Waals surface area (Å²) >= 11 is 4.63. The summed E-state index contributed by atoms with van der Waals surface area (Å²) in [7, 11) is 0. The third-order valence-electron chi connectivity index (χ3n) is 5.44. The molecule has 3 aromatic rings. The van der Waals surface area contributed by atoms with Gasteiger partial charge in [-0.15, -0.1) is 0 Å². The third-order valence-corrected chi connectivity index (χ3v) is 7.23. The van der Waals surface area contributed by atoms with E-state index in [9.17, 15) is 14.9 Å². The van der Waals surface area contributed by atoms with E-state index in [-0.39, 0.29) is 11.5 Å². The molecule has 0 radical (unpaired) electrons. The van der Waals surface area contributed by atoms with E-state index in [4.69, 9.17) is 0 Å². The van der Waals surface area contributed by atoms with Gasteiger partial charge in [0.05, 0.1) is 5.25 Å². The molecule has 1 aliphatic heterocycles. The molecule has 1 unspecified atom stereocenters. The smallest absolute Gasteiger partial charge is 0.269 e. The number of rotatable bonds is 5. The van der Waals surface area contributed by atoms with Crippen LogP contribution in [-0.4, -0.2) is 17.1 Å². The van der Waals surface area contributed by atoms with E-state index in [1.165, 1.54) is 16.7 Å². The number of nitrogens with one attached hydrogen (secondary N) is 1. The van der Waals surface area contributed by atoms with Gasteiger partial charge in [0, 0.05) is 15.8 Å². The second-order valence-corrected chi connectivity index (χ2v) is 10.2. The Morgan fingerprint density at radius 3 is 2.18 bits per heavy atom. The Bertz CT molecular complexity index is 1290. The zero-order valence-corrected chi connectivity index (χ0v) is 21.1. The van der Waals surface area contributed by atoms with Crippen molar-refractivity contribution in [1.29, 1.82) is 5.26 Å². The van der Waals surface area contributed by atoms with Crippen LogP contribution in [0.3, 0.4) is 0 Å². The molecule has 1 atom stereocenters. The molecule has 0 aromatic heterocycles. The van der Waals surface area contributed by atoms with Gasteiger partial charge in [-0.3, -0.25) is 14.5 Å². The van der Waals surface area contributed by atoms with Crippen molar-refractivity contribution in [3.8, 4) is 6.07 Å². The molecule has 3 aromatic carbocycles. The first-order chi connectivity index (χ1) is 16.4. The van der Waals surface area contributed by atoms with Crippen LogP contribution in [0.1, 0.15) is 16.7 Å². The summed E-state index contributed by atoms with van der Waals surface area (Å²) < 4.78 is 0.880. The lowest BCUT2D eigenvalue weighted by Gasteiger charge is -2.19. The zero-order valence-electron chi connectivity index (χ0n) is 18.7. The predicted octanol–water partition coefficient (Wildman–Crippen LogP) is 6.13. The molecule has 1 fully saturated rings. The molecule has 0 aliphatic carbocycles. The molecule has 1 N–H and O–H groups in total. The van der Waals surface area contributed by atoms with Crippen LogP contribution in [0, 0.1) is 25.2 Å². The molecular formula is C27H22BrN3O2S. The SMILES string of the molecule is Cc1ccc(CC2S/C(=C(/C#N)C(=O)Nc3ccc(Br)cc3)N(c3ccc(C)cc3)C2=O)cc1. The maximum atomic E-state index is 13.5. The maximum Gasteiger partial charge on any atom is 0.269 e. The van der Waals surface area contributed by atoms with E-state index >= 15 is 0 Å². The Morgan fingerprint density at radius 1 is 1.00 bits per heavy atom. The standard InChI is InChI=1S/C27H22BrN3O2S/c1-17-3-7-19(8-4-17)15-24-26(33)31(22-13-5-18(2)6-14-22)27(34-24)23(16-29)25(32)30-21-11-9-20(28)10-12-21/h3-14,24H,15H2,1-2H3,(H,30,32)/b27-23-. The quantitative estimate of drug-likeness (QED) is 0.317. The normalized spacial score (nSPS) is 16.8. The highest BCUT2D eigenvalue weighted by Gasteiger charge is 2.40. The fraction of sp³-hybridized carbons (Fsp3) is 0.148. The zero-order chi connectivity index (χ0) is 24.2. The van der Waals surface area contributed by atoms with Gasteiger partial charge in [0.15, 0.2) is 0 Å². The van der Waals surface area contributed by atoms with E-state index in [1.54, 1.807) is 24.3 Å². The van der Waals surface area contributed by atoms with Crippen molar-refractivity contribution in [1.82, 2.24) is 0 Å². The number of carbonyl (C=O) groups excluding carboxylic acids is 2. The Kier molecular flexibility index (Phi) is 7.20. The van der Waals surface area contributed by atoms with Gasteiger partial charge in [-0.05, 0) is 62.2 Å². The second kappa shape index (κ2) is 10.3. The van der Waals surface area contributed by atoms with Crippen molar-refractivity contribution < 1.29 is 9.59 Å². The fourth-order valence-electron chi connectivity index (χ4n) is 3.58. The molecule has 0 spiro atoms. The van der Waals surface area contributed by atoms with Crippen molar-refractivity contribution in [2.45, 2.75) is 25.5 Å². The summed E-state index contributed by atoms with van der Waals surface area (Å²) in [4.78, 5) is 28.1. The number of nitriles is 1. The van der Waals surface area contributed by atoms with Crippen LogP contribution in [0.5, 0.6) is 0 Å². The number of benzene rings is 3. The lowest BCUT2D eigenvalue weighted by molar-refractivity contribution is -0.117. The first kappa shape index (κ1) is 23.8. The summed E-state index contributed by atoms with van der Waals surface area (Å²) in [6.45, 7) is 3.98. The molecule has 2 amide bonds. The summed E-state index contributed by atoms with van der Waals surface area (Å²) in [5, 5.41) is 12.6. The van der Waals surface area contributed by atoms with Crippen LogP contribution >= 0.6 is 27.7 Å². The van der Waals surface area contributed by atoms with Gasteiger partial charge in [-0.2, -0.15) is 5.26 Å². The average molecular weight is 532 g/mol. The summed E-state index contributed by atoms with van der Waals surface area (Å²) in [5.41, 5.74) is 4.33. The second-order valence-electron chi connectivity index (χ2n) is 8.06. The van der Waals surface area contributed by atoms with E-state index in [2.05, 4.69) is 21.2 Å². The van der Waals surface area contributed by atoms with Crippen molar-refractivity contribution in [3.05, 3.63) is 105 Å². The number of amides is 2. The van der Waals surface area contributed by atoms with E-state index in [0.717, 1.165) is 21.2 Å². The Morgan fingerprint density at radius 2 is 1.59 bits per heavy atom. The first-order valence-corrected chi connectivity index (χ1v) is 12.4. The van der Waals surface area contributed by atoms with Crippen molar-refractivity contribution in [2.24, 2.45) is 0 Å². The highest BCUT2D eigenvalue weighted by Crippen LogP contribution is 2.42.